The summed E-state index contributed by atoms with van der Waals surface area (Å²) < 4.78 is 2.11. The number of aromatic nitrogens is 2. The molecule has 1 heterocycles. The molecule has 1 aromatic heterocycles. The minimum absolute atomic E-state index is 0.593. The van der Waals surface area contributed by atoms with E-state index in [-0.39, 0.29) is 0 Å². The van der Waals surface area contributed by atoms with Crippen LogP contribution in [0.15, 0.2) is 18.5 Å². The van der Waals surface area contributed by atoms with Crippen molar-refractivity contribution in [3.63, 3.8) is 0 Å². The lowest BCUT2D eigenvalue weighted by Gasteiger charge is -2.27. The van der Waals surface area contributed by atoms with Gasteiger partial charge in [0, 0.05) is 12.4 Å². The highest BCUT2D eigenvalue weighted by Gasteiger charge is 2.20. The lowest BCUT2D eigenvalue weighted by molar-refractivity contribution is 0.250. The van der Waals surface area contributed by atoms with Crippen LogP contribution in [-0.2, 0) is 0 Å². The Balaban J connectivity index is 1.99. The molecule has 1 aliphatic rings. The van der Waals surface area contributed by atoms with Gasteiger partial charge in [0.2, 0.25) is 0 Å². The Morgan fingerprint density at radius 3 is 2.69 bits per heavy atom. The third kappa shape index (κ3) is 1.93. The van der Waals surface area contributed by atoms with Crippen LogP contribution in [0.2, 0.25) is 0 Å². The van der Waals surface area contributed by atoms with E-state index in [1.54, 1.807) is 0 Å². The minimum Gasteiger partial charge on any atom is -0.270 e. The topological polar surface area (TPSA) is 17.8 Å². The molecule has 0 bridgehead atoms. The van der Waals surface area contributed by atoms with E-state index in [1.165, 1.54) is 32.1 Å². The van der Waals surface area contributed by atoms with Crippen molar-refractivity contribution in [3.8, 4) is 0 Å². The summed E-state index contributed by atoms with van der Waals surface area (Å²) in [6.45, 7) is 2.29. The molecule has 1 aromatic rings. The van der Waals surface area contributed by atoms with E-state index in [0.717, 1.165) is 5.92 Å². The summed E-state index contributed by atoms with van der Waals surface area (Å²) in [6, 6.07) is 2.61. The second-order valence-corrected chi connectivity index (χ2v) is 4.12. The van der Waals surface area contributed by atoms with Crippen molar-refractivity contribution in [2.75, 3.05) is 0 Å². The van der Waals surface area contributed by atoms with E-state index in [1.807, 2.05) is 12.3 Å². The summed E-state index contributed by atoms with van der Waals surface area (Å²) in [7, 11) is 0. The van der Waals surface area contributed by atoms with Gasteiger partial charge in [0.1, 0.15) is 0 Å². The Morgan fingerprint density at radius 2 is 2.08 bits per heavy atom. The van der Waals surface area contributed by atoms with Crippen molar-refractivity contribution in [1.29, 1.82) is 0 Å². The Hall–Kier alpha value is -0.790. The summed E-state index contributed by atoms with van der Waals surface area (Å²) in [5, 5.41) is 4.31. The second kappa shape index (κ2) is 3.95. The fraction of sp³-hybridized carbons (Fsp3) is 0.727. The van der Waals surface area contributed by atoms with Crippen LogP contribution in [0.3, 0.4) is 0 Å². The summed E-state index contributed by atoms with van der Waals surface area (Å²) in [5.74, 6) is 0.855. The highest BCUT2D eigenvalue weighted by atomic mass is 15.3. The van der Waals surface area contributed by atoms with Gasteiger partial charge in [0.05, 0.1) is 6.04 Å². The van der Waals surface area contributed by atoms with Gasteiger partial charge in [-0.25, -0.2) is 0 Å². The predicted molar refractivity (Wildman–Crippen MR) is 53.5 cm³/mol. The maximum atomic E-state index is 4.31. The van der Waals surface area contributed by atoms with Crippen LogP contribution in [0.4, 0.5) is 0 Å². The molecule has 2 heteroatoms. The van der Waals surface area contributed by atoms with Gasteiger partial charge in [-0.1, -0.05) is 19.3 Å². The molecule has 1 unspecified atom stereocenters. The van der Waals surface area contributed by atoms with E-state index >= 15 is 0 Å². The van der Waals surface area contributed by atoms with E-state index in [0.29, 0.717) is 6.04 Å². The smallest absolute Gasteiger partial charge is 0.0519 e. The standard InChI is InChI=1S/C11H18N2/c1-10(13-9-5-8-12-13)11-6-3-2-4-7-11/h5,8-11H,2-4,6-7H2,1H3. The molecule has 1 aliphatic carbocycles. The average Bonchev–Trinajstić information content (AvgIpc) is 2.71. The Morgan fingerprint density at radius 1 is 1.31 bits per heavy atom. The molecule has 2 rings (SSSR count). The molecular weight excluding hydrogens is 160 g/mol. The third-order valence-electron chi connectivity index (χ3n) is 3.27. The van der Waals surface area contributed by atoms with E-state index in [2.05, 4.69) is 22.9 Å². The molecule has 0 spiro atoms. The molecule has 13 heavy (non-hydrogen) atoms. The summed E-state index contributed by atoms with van der Waals surface area (Å²) >= 11 is 0. The van der Waals surface area contributed by atoms with Gasteiger partial charge in [0.15, 0.2) is 0 Å². The first-order valence-corrected chi connectivity index (χ1v) is 5.37. The van der Waals surface area contributed by atoms with Crippen LogP contribution in [0, 0.1) is 5.92 Å². The van der Waals surface area contributed by atoms with Crippen molar-refractivity contribution in [2.45, 2.75) is 45.1 Å². The van der Waals surface area contributed by atoms with Gasteiger partial charge < -0.3 is 0 Å². The lowest BCUT2D eigenvalue weighted by Crippen LogP contribution is -2.19. The van der Waals surface area contributed by atoms with Gasteiger partial charge in [-0.15, -0.1) is 0 Å². The van der Waals surface area contributed by atoms with Gasteiger partial charge >= 0.3 is 0 Å². The van der Waals surface area contributed by atoms with Crippen molar-refractivity contribution in [2.24, 2.45) is 5.92 Å². The molecule has 0 radical (unpaired) electrons. The Kier molecular flexibility index (Phi) is 2.67. The molecule has 2 nitrogen and oxygen atoms in total. The molecule has 0 aliphatic heterocycles. The largest absolute Gasteiger partial charge is 0.270 e. The van der Waals surface area contributed by atoms with Crippen LogP contribution < -0.4 is 0 Å². The highest BCUT2D eigenvalue weighted by Crippen LogP contribution is 2.31. The SMILES string of the molecule is CC(C1CCCCC1)n1cccn1. The van der Waals surface area contributed by atoms with E-state index in [4.69, 9.17) is 0 Å². The van der Waals surface area contributed by atoms with Gasteiger partial charge in [-0.05, 0) is 31.7 Å². The van der Waals surface area contributed by atoms with Gasteiger partial charge in [-0.3, -0.25) is 4.68 Å². The molecule has 1 fully saturated rings. The Labute approximate surface area is 80.0 Å². The molecular formula is C11H18N2. The van der Waals surface area contributed by atoms with Crippen molar-refractivity contribution >= 4 is 0 Å². The van der Waals surface area contributed by atoms with E-state index < -0.39 is 0 Å². The summed E-state index contributed by atoms with van der Waals surface area (Å²) in [5.41, 5.74) is 0. The number of hydrogen-bond donors (Lipinski definition) is 0. The molecule has 0 amide bonds. The van der Waals surface area contributed by atoms with Crippen LogP contribution in [0.25, 0.3) is 0 Å². The normalized spacial score (nSPS) is 21.6. The first kappa shape index (κ1) is 8.79. The highest BCUT2D eigenvalue weighted by molar-refractivity contribution is 4.83. The summed E-state index contributed by atoms with van der Waals surface area (Å²) in [6.07, 6.45) is 11.0. The zero-order chi connectivity index (χ0) is 9.10. The van der Waals surface area contributed by atoms with Crippen molar-refractivity contribution in [1.82, 2.24) is 9.78 Å². The van der Waals surface area contributed by atoms with Gasteiger partial charge in [0.25, 0.3) is 0 Å². The molecule has 1 atom stereocenters. The second-order valence-electron chi connectivity index (χ2n) is 4.12. The predicted octanol–water partition coefficient (Wildman–Crippen LogP) is 3.02. The summed E-state index contributed by atoms with van der Waals surface area (Å²) in [4.78, 5) is 0. The number of rotatable bonds is 2. The van der Waals surface area contributed by atoms with Crippen LogP contribution in [0.5, 0.6) is 0 Å². The molecule has 0 saturated heterocycles. The zero-order valence-electron chi connectivity index (χ0n) is 8.32. The van der Waals surface area contributed by atoms with Crippen LogP contribution in [0.1, 0.15) is 45.1 Å². The molecule has 0 N–H and O–H groups in total. The average molecular weight is 178 g/mol. The quantitative estimate of drug-likeness (QED) is 0.680. The van der Waals surface area contributed by atoms with Crippen LogP contribution >= 0.6 is 0 Å². The zero-order valence-corrected chi connectivity index (χ0v) is 8.32. The maximum absolute atomic E-state index is 4.31. The van der Waals surface area contributed by atoms with Crippen LogP contribution in [-0.4, -0.2) is 9.78 Å². The van der Waals surface area contributed by atoms with Gasteiger partial charge in [-0.2, -0.15) is 5.10 Å². The number of nitrogens with zero attached hydrogens (tertiary/aromatic N) is 2. The minimum atomic E-state index is 0.593. The monoisotopic (exact) mass is 178 g/mol. The van der Waals surface area contributed by atoms with Crippen molar-refractivity contribution in [3.05, 3.63) is 18.5 Å². The first-order chi connectivity index (χ1) is 6.38. The maximum Gasteiger partial charge on any atom is 0.0519 e. The third-order valence-corrected chi connectivity index (χ3v) is 3.27. The lowest BCUT2D eigenvalue weighted by atomic mass is 9.85. The van der Waals surface area contributed by atoms with E-state index in [9.17, 15) is 0 Å². The molecule has 0 aromatic carbocycles. The first-order valence-electron chi connectivity index (χ1n) is 5.37. The fourth-order valence-electron chi connectivity index (χ4n) is 2.35. The van der Waals surface area contributed by atoms with Crippen molar-refractivity contribution < 1.29 is 0 Å². The molecule has 1 saturated carbocycles. The molecule has 72 valence electrons. The Bertz CT molecular complexity index is 235. The number of hydrogen-bond acceptors (Lipinski definition) is 1. The fourth-order valence-corrected chi connectivity index (χ4v) is 2.35.